The molecule has 16 heavy (non-hydrogen) atoms. The quantitative estimate of drug-likeness (QED) is 0.824. The van der Waals surface area contributed by atoms with Gasteiger partial charge in [0.25, 0.3) is 0 Å². The second-order valence-electron chi connectivity index (χ2n) is 3.53. The normalized spacial score (nSPS) is 9.88. The third kappa shape index (κ3) is 2.48. The fraction of sp³-hybridized carbons (Fsp3) is 0.167. The number of anilines is 3. The molecule has 0 spiro atoms. The molecule has 1 heterocycles. The van der Waals surface area contributed by atoms with Crippen molar-refractivity contribution in [2.24, 2.45) is 0 Å². The molecule has 0 aliphatic heterocycles. The molecule has 0 atom stereocenters. The number of aryl methyl sites for hydroxylation is 1. The average molecular weight is 214 g/mol. The van der Waals surface area contributed by atoms with Gasteiger partial charge in [0.1, 0.15) is 5.82 Å². The predicted octanol–water partition coefficient (Wildman–Crippen LogP) is 2.57. The van der Waals surface area contributed by atoms with Gasteiger partial charge < -0.3 is 10.6 Å². The number of hydrogen-bond acceptors (Lipinski definition) is 4. The van der Waals surface area contributed by atoms with E-state index in [1.165, 1.54) is 5.56 Å². The van der Waals surface area contributed by atoms with Crippen molar-refractivity contribution in [3.8, 4) is 0 Å². The van der Waals surface area contributed by atoms with Gasteiger partial charge in [-0.25, -0.2) is 4.98 Å². The van der Waals surface area contributed by atoms with E-state index in [4.69, 9.17) is 0 Å². The van der Waals surface area contributed by atoms with Crippen molar-refractivity contribution in [1.82, 2.24) is 9.97 Å². The number of rotatable bonds is 3. The highest BCUT2D eigenvalue weighted by atomic mass is 15.1. The Balaban J connectivity index is 2.16. The van der Waals surface area contributed by atoms with Gasteiger partial charge in [-0.3, -0.25) is 4.98 Å². The molecule has 0 fully saturated rings. The minimum atomic E-state index is 0.732. The van der Waals surface area contributed by atoms with Crippen LogP contribution in [0.2, 0.25) is 0 Å². The van der Waals surface area contributed by atoms with Crippen LogP contribution in [0.5, 0.6) is 0 Å². The first kappa shape index (κ1) is 10.4. The van der Waals surface area contributed by atoms with Crippen LogP contribution in [0.25, 0.3) is 0 Å². The SMILES string of the molecule is CNc1cncc(Nc2ccc(C)cc2)n1. The highest BCUT2D eigenvalue weighted by Crippen LogP contribution is 2.15. The number of hydrogen-bond donors (Lipinski definition) is 2. The van der Waals surface area contributed by atoms with Gasteiger partial charge in [0.05, 0.1) is 12.4 Å². The molecule has 0 radical (unpaired) electrons. The molecule has 0 unspecified atom stereocenters. The fourth-order valence-corrected chi connectivity index (χ4v) is 1.33. The van der Waals surface area contributed by atoms with E-state index in [0.29, 0.717) is 0 Å². The van der Waals surface area contributed by atoms with Crippen LogP contribution in [0.15, 0.2) is 36.7 Å². The minimum absolute atomic E-state index is 0.732. The molecule has 4 heteroatoms. The summed E-state index contributed by atoms with van der Waals surface area (Å²) >= 11 is 0. The first-order chi connectivity index (χ1) is 7.78. The third-order valence-electron chi connectivity index (χ3n) is 2.21. The molecule has 2 aromatic rings. The summed E-state index contributed by atoms with van der Waals surface area (Å²) < 4.78 is 0. The van der Waals surface area contributed by atoms with Crippen LogP contribution in [0.1, 0.15) is 5.56 Å². The maximum atomic E-state index is 4.32. The second kappa shape index (κ2) is 4.61. The zero-order valence-electron chi connectivity index (χ0n) is 9.36. The summed E-state index contributed by atoms with van der Waals surface area (Å²) in [7, 11) is 1.82. The molecule has 0 saturated carbocycles. The fourth-order valence-electron chi connectivity index (χ4n) is 1.33. The maximum absolute atomic E-state index is 4.32. The monoisotopic (exact) mass is 214 g/mol. The van der Waals surface area contributed by atoms with Crippen molar-refractivity contribution in [2.75, 3.05) is 17.7 Å². The topological polar surface area (TPSA) is 49.8 Å². The lowest BCUT2D eigenvalue weighted by atomic mass is 10.2. The zero-order valence-corrected chi connectivity index (χ0v) is 9.36. The van der Waals surface area contributed by atoms with Gasteiger partial charge in [-0.1, -0.05) is 17.7 Å². The molecular weight excluding hydrogens is 200 g/mol. The van der Waals surface area contributed by atoms with Crippen LogP contribution in [0.3, 0.4) is 0 Å². The molecule has 0 aliphatic rings. The summed E-state index contributed by atoms with van der Waals surface area (Å²) in [4.78, 5) is 8.41. The predicted molar refractivity (Wildman–Crippen MR) is 66.0 cm³/mol. The maximum Gasteiger partial charge on any atom is 0.151 e. The van der Waals surface area contributed by atoms with Crippen LogP contribution in [-0.2, 0) is 0 Å². The molecule has 1 aromatic heterocycles. The number of aromatic nitrogens is 2. The Hall–Kier alpha value is -2.10. The van der Waals surface area contributed by atoms with Gasteiger partial charge >= 0.3 is 0 Å². The van der Waals surface area contributed by atoms with Gasteiger partial charge in [-0.15, -0.1) is 0 Å². The number of nitrogens with one attached hydrogen (secondary N) is 2. The van der Waals surface area contributed by atoms with E-state index in [-0.39, 0.29) is 0 Å². The van der Waals surface area contributed by atoms with Crippen molar-refractivity contribution >= 4 is 17.3 Å². The van der Waals surface area contributed by atoms with E-state index in [1.807, 2.05) is 19.2 Å². The van der Waals surface area contributed by atoms with Crippen molar-refractivity contribution in [3.63, 3.8) is 0 Å². The molecule has 1 aromatic carbocycles. The molecule has 2 N–H and O–H groups in total. The Morgan fingerprint density at radius 3 is 2.38 bits per heavy atom. The summed E-state index contributed by atoms with van der Waals surface area (Å²) in [5, 5.41) is 6.14. The Bertz CT molecular complexity index is 465. The summed E-state index contributed by atoms with van der Waals surface area (Å²) in [6.07, 6.45) is 3.38. The largest absolute Gasteiger partial charge is 0.372 e. The Labute approximate surface area is 94.8 Å². The summed E-state index contributed by atoms with van der Waals surface area (Å²) in [5.41, 5.74) is 2.24. The van der Waals surface area contributed by atoms with Crippen molar-refractivity contribution in [3.05, 3.63) is 42.2 Å². The molecule has 0 saturated heterocycles. The molecule has 0 amide bonds. The van der Waals surface area contributed by atoms with E-state index < -0.39 is 0 Å². The Morgan fingerprint density at radius 2 is 1.69 bits per heavy atom. The molecule has 0 aliphatic carbocycles. The lowest BCUT2D eigenvalue weighted by molar-refractivity contribution is 1.18. The Morgan fingerprint density at radius 1 is 1.00 bits per heavy atom. The standard InChI is InChI=1S/C12H14N4/c1-9-3-5-10(6-4-9)15-12-8-14-7-11(13-2)16-12/h3-8H,1-2H3,(H2,13,15,16). The van der Waals surface area contributed by atoms with E-state index in [1.54, 1.807) is 12.4 Å². The zero-order chi connectivity index (χ0) is 11.4. The lowest BCUT2D eigenvalue weighted by Gasteiger charge is -2.06. The average Bonchev–Trinajstić information content (AvgIpc) is 2.32. The molecule has 4 nitrogen and oxygen atoms in total. The van der Waals surface area contributed by atoms with Gasteiger partial charge in [-0.05, 0) is 19.1 Å². The smallest absolute Gasteiger partial charge is 0.151 e. The first-order valence-corrected chi connectivity index (χ1v) is 5.11. The highest BCUT2D eigenvalue weighted by Gasteiger charge is 1.97. The van der Waals surface area contributed by atoms with Crippen LogP contribution in [0, 0.1) is 6.92 Å². The summed E-state index contributed by atoms with van der Waals surface area (Å²) in [6, 6.07) is 8.14. The Kier molecular flexibility index (Phi) is 3.00. The van der Waals surface area contributed by atoms with Crippen molar-refractivity contribution < 1.29 is 0 Å². The molecule has 0 bridgehead atoms. The summed E-state index contributed by atoms with van der Waals surface area (Å²) in [6.45, 7) is 2.06. The molecular formula is C12H14N4. The number of benzene rings is 1. The first-order valence-electron chi connectivity index (χ1n) is 5.11. The minimum Gasteiger partial charge on any atom is -0.372 e. The molecule has 82 valence electrons. The van der Waals surface area contributed by atoms with Crippen LogP contribution in [-0.4, -0.2) is 17.0 Å². The number of nitrogens with zero attached hydrogens (tertiary/aromatic N) is 2. The van der Waals surface area contributed by atoms with Gasteiger partial charge in [0, 0.05) is 12.7 Å². The summed E-state index contributed by atoms with van der Waals surface area (Å²) in [5.74, 6) is 1.48. The van der Waals surface area contributed by atoms with Gasteiger partial charge in [-0.2, -0.15) is 0 Å². The lowest BCUT2D eigenvalue weighted by Crippen LogP contribution is -1.98. The van der Waals surface area contributed by atoms with E-state index in [2.05, 4.69) is 39.7 Å². The highest BCUT2D eigenvalue weighted by molar-refractivity contribution is 5.56. The third-order valence-corrected chi connectivity index (χ3v) is 2.21. The van der Waals surface area contributed by atoms with E-state index in [9.17, 15) is 0 Å². The van der Waals surface area contributed by atoms with E-state index >= 15 is 0 Å². The van der Waals surface area contributed by atoms with Gasteiger partial charge in [0.15, 0.2) is 5.82 Å². The van der Waals surface area contributed by atoms with E-state index in [0.717, 1.165) is 17.3 Å². The van der Waals surface area contributed by atoms with Gasteiger partial charge in [0.2, 0.25) is 0 Å². The van der Waals surface area contributed by atoms with Crippen molar-refractivity contribution in [1.29, 1.82) is 0 Å². The molecule has 2 rings (SSSR count). The van der Waals surface area contributed by atoms with Crippen LogP contribution in [0.4, 0.5) is 17.3 Å². The second-order valence-corrected chi connectivity index (χ2v) is 3.53. The van der Waals surface area contributed by atoms with Crippen LogP contribution >= 0.6 is 0 Å². The van der Waals surface area contributed by atoms with Crippen molar-refractivity contribution in [2.45, 2.75) is 6.92 Å². The van der Waals surface area contributed by atoms with Crippen LogP contribution < -0.4 is 10.6 Å².